The zero-order chi connectivity index (χ0) is 41.6. The van der Waals surface area contributed by atoms with Crippen LogP contribution in [0.5, 0.6) is 0 Å². The predicted molar refractivity (Wildman–Crippen MR) is 253 cm³/mol. The maximum absolute atomic E-state index is 13.5. The summed E-state index contributed by atoms with van der Waals surface area (Å²) in [5.74, 6) is -0.657. The molecule has 0 unspecified atom stereocenters. The number of nitrogens with zero attached hydrogens (tertiary/aromatic N) is 2. The zero-order valence-corrected chi connectivity index (χ0v) is 38.6. The topological polar surface area (TPSA) is 74.8 Å². The van der Waals surface area contributed by atoms with Gasteiger partial charge in [-0.15, -0.1) is 0 Å². The van der Waals surface area contributed by atoms with Crippen LogP contribution in [0.1, 0.15) is 184 Å². The molecule has 0 radical (unpaired) electrons. The molecule has 316 valence electrons. The molecule has 0 saturated carbocycles. The quantitative estimate of drug-likeness (QED) is 0.0571. The van der Waals surface area contributed by atoms with Gasteiger partial charge in [-0.05, 0) is 82.9 Å². The van der Waals surface area contributed by atoms with E-state index in [-0.39, 0.29) is 23.6 Å². The first-order chi connectivity index (χ1) is 29.3. The Balaban J connectivity index is 0.860. The second-order valence-electron chi connectivity index (χ2n) is 17.0. The first-order valence-electron chi connectivity index (χ1n) is 22.8. The second-order valence-corrected chi connectivity index (χ2v) is 21.7. The number of carbonyl (C=O) groups excluding carboxylic acids is 4. The van der Waals surface area contributed by atoms with Gasteiger partial charge in [0.05, 0.1) is 30.7 Å². The lowest BCUT2D eigenvalue weighted by Crippen LogP contribution is -2.30. The standard InChI is InChI=1S/C50H58N2O4S4/c1-3-5-7-9-11-13-15-17-19-21-23-51-45(53)37-25-33-29-41-42(30-34(33)26-38(37)46(51)54)58-49(57-41)50-59-43-31-35-27-39-40(28-36(35)32-44(43)60-50)48(56)52(47(39)55)24-22-20-18-16-14-12-10-8-6-4-2/h25-32H,3-24H2,1-2H3. The third kappa shape index (κ3) is 9.57. The highest BCUT2D eigenvalue weighted by atomic mass is 32.2. The van der Waals surface area contributed by atoms with Gasteiger partial charge in [-0.25, -0.2) is 0 Å². The van der Waals surface area contributed by atoms with Crippen molar-refractivity contribution in [1.29, 1.82) is 0 Å². The van der Waals surface area contributed by atoms with Crippen LogP contribution in [0, 0.1) is 0 Å². The number of imide groups is 2. The molecule has 0 aromatic heterocycles. The second kappa shape index (κ2) is 20.3. The number of hydrogen-bond acceptors (Lipinski definition) is 8. The Kier molecular flexibility index (Phi) is 14.7. The van der Waals surface area contributed by atoms with E-state index in [1.54, 1.807) is 47.0 Å². The molecule has 6 nitrogen and oxygen atoms in total. The lowest BCUT2D eigenvalue weighted by molar-refractivity contribution is 0.0636. The molecule has 0 spiro atoms. The summed E-state index contributed by atoms with van der Waals surface area (Å²) < 4.78 is 2.43. The summed E-state index contributed by atoms with van der Waals surface area (Å²) in [6.07, 6.45) is 24.3. The molecular formula is C50H58N2O4S4. The van der Waals surface area contributed by atoms with E-state index in [2.05, 4.69) is 38.1 Å². The Morgan fingerprint density at radius 2 is 0.567 bits per heavy atom. The number of thioether (sulfide) groups is 4. The normalized spacial score (nSPS) is 15.7. The molecule has 0 N–H and O–H groups in total. The van der Waals surface area contributed by atoms with Gasteiger partial charge in [0.25, 0.3) is 23.6 Å². The lowest BCUT2D eigenvalue weighted by atomic mass is 10.0. The van der Waals surface area contributed by atoms with Gasteiger partial charge in [-0.3, -0.25) is 29.0 Å². The maximum Gasteiger partial charge on any atom is 0.261 e. The number of benzene rings is 4. The number of rotatable bonds is 22. The number of carbonyl (C=O) groups is 4. The monoisotopic (exact) mass is 878 g/mol. The Morgan fingerprint density at radius 1 is 0.333 bits per heavy atom. The van der Waals surface area contributed by atoms with E-state index in [1.807, 2.05) is 24.3 Å². The van der Waals surface area contributed by atoms with E-state index in [1.165, 1.54) is 108 Å². The van der Waals surface area contributed by atoms with Crippen molar-refractivity contribution in [2.24, 2.45) is 0 Å². The third-order valence-corrected chi connectivity index (χ3v) is 18.0. The minimum atomic E-state index is -0.164. The molecule has 8 rings (SSSR count). The van der Waals surface area contributed by atoms with Crippen molar-refractivity contribution in [2.45, 2.75) is 162 Å². The SMILES string of the molecule is CCCCCCCCCCCCN1C(=O)c2cc3cc4c(cc3cc2C1=O)SC(=C1Sc2cc3cc5c(cc3cc2S1)C(=O)N(CCCCCCCCCCCC)C5=O)S4. The van der Waals surface area contributed by atoms with Crippen LogP contribution in [0.4, 0.5) is 0 Å². The molecule has 60 heavy (non-hydrogen) atoms. The van der Waals surface area contributed by atoms with E-state index in [0.29, 0.717) is 35.3 Å². The van der Waals surface area contributed by atoms with Gasteiger partial charge in [-0.2, -0.15) is 0 Å². The highest BCUT2D eigenvalue weighted by Gasteiger charge is 2.37. The molecule has 0 fully saturated rings. The van der Waals surface area contributed by atoms with Crippen molar-refractivity contribution in [2.75, 3.05) is 13.1 Å². The lowest BCUT2D eigenvalue weighted by Gasteiger charge is -2.13. The highest BCUT2D eigenvalue weighted by Crippen LogP contribution is 2.62. The first-order valence-corrected chi connectivity index (χ1v) is 26.0. The number of fused-ring (bicyclic) bond motifs is 6. The summed E-state index contributed by atoms with van der Waals surface area (Å²) in [5, 5.41) is 3.92. The van der Waals surface area contributed by atoms with Crippen LogP contribution in [-0.2, 0) is 0 Å². The van der Waals surface area contributed by atoms with Crippen molar-refractivity contribution in [3.8, 4) is 0 Å². The molecule has 0 saturated heterocycles. The Hall–Kier alpha value is -3.18. The fraction of sp³-hybridized carbons (Fsp3) is 0.480. The summed E-state index contributed by atoms with van der Waals surface area (Å²) in [5.41, 5.74) is 2.09. The number of amides is 4. The van der Waals surface area contributed by atoms with E-state index >= 15 is 0 Å². The van der Waals surface area contributed by atoms with Gasteiger partial charge in [0.2, 0.25) is 0 Å². The number of hydrogen-bond donors (Lipinski definition) is 0. The predicted octanol–water partition coefficient (Wildman–Crippen LogP) is 15.2. The minimum absolute atomic E-state index is 0.164. The smallest absolute Gasteiger partial charge is 0.261 e. The summed E-state index contributed by atoms with van der Waals surface area (Å²) in [7, 11) is 0. The molecule has 0 bridgehead atoms. The van der Waals surface area contributed by atoms with Crippen LogP contribution < -0.4 is 0 Å². The largest absolute Gasteiger partial charge is 0.274 e. The fourth-order valence-corrected chi connectivity index (χ4v) is 14.4. The summed E-state index contributed by atoms with van der Waals surface area (Å²) in [6.45, 7) is 5.47. The van der Waals surface area contributed by atoms with Crippen LogP contribution >= 0.6 is 47.0 Å². The highest BCUT2D eigenvalue weighted by molar-refractivity contribution is 8.30. The third-order valence-electron chi connectivity index (χ3n) is 12.4. The maximum atomic E-state index is 13.5. The van der Waals surface area contributed by atoms with Gasteiger partial charge < -0.3 is 0 Å². The molecule has 4 aromatic carbocycles. The molecule has 10 heteroatoms. The van der Waals surface area contributed by atoms with Gasteiger partial charge in [0, 0.05) is 32.7 Å². The van der Waals surface area contributed by atoms with Crippen LogP contribution in [0.3, 0.4) is 0 Å². The Labute approximate surface area is 373 Å². The van der Waals surface area contributed by atoms with Crippen molar-refractivity contribution in [1.82, 2.24) is 9.80 Å². The van der Waals surface area contributed by atoms with Gasteiger partial charge in [-0.1, -0.05) is 176 Å². The van der Waals surface area contributed by atoms with Crippen LogP contribution in [0.15, 0.2) is 76.6 Å². The molecule has 4 aliphatic heterocycles. The van der Waals surface area contributed by atoms with E-state index < -0.39 is 0 Å². The molecule has 4 aliphatic rings. The van der Waals surface area contributed by atoms with Crippen LogP contribution in [0.2, 0.25) is 0 Å². The van der Waals surface area contributed by atoms with E-state index in [9.17, 15) is 19.2 Å². The van der Waals surface area contributed by atoms with E-state index in [4.69, 9.17) is 0 Å². The van der Waals surface area contributed by atoms with Gasteiger partial charge in [0.15, 0.2) is 0 Å². The minimum Gasteiger partial charge on any atom is -0.274 e. The van der Waals surface area contributed by atoms with Crippen molar-refractivity contribution < 1.29 is 19.2 Å². The van der Waals surface area contributed by atoms with E-state index in [0.717, 1.165) is 79.7 Å². The number of unbranched alkanes of at least 4 members (excludes halogenated alkanes) is 18. The van der Waals surface area contributed by atoms with Crippen molar-refractivity contribution >= 4 is 92.2 Å². The molecular weight excluding hydrogens is 821 g/mol. The Morgan fingerprint density at radius 3 is 0.817 bits per heavy atom. The molecule has 4 aromatic rings. The molecule has 0 aliphatic carbocycles. The molecule has 4 heterocycles. The zero-order valence-electron chi connectivity index (χ0n) is 35.3. The van der Waals surface area contributed by atoms with Gasteiger partial charge in [0.1, 0.15) is 0 Å². The fourth-order valence-electron chi connectivity index (χ4n) is 8.94. The average Bonchev–Trinajstić information content (AvgIpc) is 3.98. The van der Waals surface area contributed by atoms with Crippen molar-refractivity contribution in [3.63, 3.8) is 0 Å². The average molecular weight is 879 g/mol. The van der Waals surface area contributed by atoms with Crippen LogP contribution in [0.25, 0.3) is 21.5 Å². The van der Waals surface area contributed by atoms with Gasteiger partial charge >= 0.3 is 0 Å². The summed E-state index contributed by atoms with van der Waals surface area (Å²) in [6, 6.07) is 16.4. The summed E-state index contributed by atoms with van der Waals surface area (Å²) in [4.78, 5) is 61.4. The van der Waals surface area contributed by atoms with Crippen molar-refractivity contribution in [3.05, 3.63) is 79.3 Å². The molecule has 4 amide bonds. The molecule has 0 atom stereocenters. The first kappa shape index (κ1) is 43.5. The Bertz CT molecular complexity index is 2040. The summed E-state index contributed by atoms with van der Waals surface area (Å²) >= 11 is 7.04. The van der Waals surface area contributed by atoms with Crippen LogP contribution in [-0.4, -0.2) is 46.5 Å².